The third-order valence-corrected chi connectivity index (χ3v) is 14.3. The van der Waals surface area contributed by atoms with Crippen LogP contribution < -0.4 is 39.7 Å². The average Bonchev–Trinajstić information content (AvgIpc) is 3.01. The summed E-state index contributed by atoms with van der Waals surface area (Å²) in [5.41, 5.74) is 11.9. The Morgan fingerprint density at radius 3 is 1.14 bits per heavy atom. The Balaban J connectivity index is 1.80. The Labute approximate surface area is 246 Å². The molecule has 0 saturated heterocycles. The maximum Gasteiger partial charge on any atom is 0.457 e. The van der Waals surface area contributed by atoms with Crippen LogP contribution in [0, 0.1) is 0 Å². The average molecular weight is 626 g/mol. The fourth-order valence-corrected chi connectivity index (χ4v) is 13.8. The van der Waals surface area contributed by atoms with Gasteiger partial charge in [0.2, 0.25) is 0 Å². The maximum atomic E-state index is 6.64. The number of hydrogen-bond donors (Lipinski definition) is 4. The molecule has 1 aliphatic rings. The highest BCUT2D eigenvalue weighted by Crippen LogP contribution is 2.76. The fourth-order valence-electron chi connectivity index (χ4n) is 3.79. The third-order valence-electron chi connectivity index (χ3n) is 5.52. The molecule has 0 amide bonds. The second-order valence-electron chi connectivity index (χ2n) is 8.86. The number of hydrogen-bond acceptors (Lipinski definition) is 11. The largest absolute Gasteiger partial charge is 0.457 e. The van der Waals surface area contributed by atoms with Crippen molar-refractivity contribution in [3.05, 3.63) is 121 Å². The van der Waals surface area contributed by atoms with E-state index in [4.69, 9.17) is 43.1 Å². The highest BCUT2D eigenvalue weighted by atomic mass is 31.3. The van der Waals surface area contributed by atoms with Crippen LogP contribution in [0.4, 0.5) is 0 Å². The van der Waals surface area contributed by atoms with Crippen LogP contribution >= 0.6 is 22.8 Å². The SMILES string of the molecule is NCCNP1(Oc2ccccc2)=NP(NCCN)(Oc2ccccc2)=NP(Oc2ccccc2)(Oc2ccccc2)=N1. The Morgan fingerprint density at radius 1 is 0.452 bits per heavy atom. The van der Waals surface area contributed by atoms with Crippen molar-refractivity contribution in [2.45, 2.75) is 0 Å². The molecule has 0 bridgehead atoms. The van der Waals surface area contributed by atoms with Gasteiger partial charge < -0.3 is 29.6 Å². The van der Waals surface area contributed by atoms with E-state index >= 15 is 0 Å². The molecule has 0 aliphatic carbocycles. The van der Waals surface area contributed by atoms with Crippen LogP contribution in [0.25, 0.3) is 0 Å². The van der Waals surface area contributed by atoms with Gasteiger partial charge in [0.25, 0.3) is 0 Å². The van der Waals surface area contributed by atoms with Crippen molar-refractivity contribution in [2.24, 2.45) is 25.0 Å². The predicted octanol–water partition coefficient (Wildman–Crippen LogP) is 7.25. The standard InChI is InChI=1S/C28H34N7O4P3/c29-21-23-31-40(36-25-13-5-1-6-14-25)33-41(32-24-22-30,37-26-15-7-2-8-16-26)35-42(34-40,38-27-17-9-3-10-18-27)39-28-19-11-4-12-20-28/h1-20,31-32H,21-24,29-30H2. The number of benzene rings is 4. The quantitative estimate of drug-likeness (QED) is 0.107. The molecule has 2 unspecified atom stereocenters. The van der Waals surface area contributed by atoms with Gasteiger partial charge in [-0.25, -0.2) is 10.2 Å². The van der Waals surface area contributed by atoms with E-state index in [1.165, 1.54) is 0 Å². The Bertz CT molecular complexity index is 1500. The topological polar surface area (TPSA) is 150 Å². The smallest absolute Gasteiger partial charge is 0.431 e. The first kappa shape index (κ1) is 30.1. The summed E-state index contributed by atoms with van der Waals surface area (Å²) in [5.74, 6) is 2.15. The fraction of sp³-hybridized carbons (Fsp3) is 0.143. The Morgan fingerprint density at radius 2 is 0.786 bits per heavy atom. The monoisotopic (exact) mass is 625 g/mol. The van der Waals surface area contributed by atoms with Crippen LogP contribution in [-0.2, 0) is 0 Å². The minimum absolute atomic E-state index is 0.313. The van der Waals surface area contributed by atoms with E-state index in [1.807, 2.05) is 121 Å². The molecule has 1 heterocycles. The van der Waals surface area contributed by atoms with Gasteiger partial charge >= 0.3 is 22.8 Å². The van der Waals surface area contributed by atoms with Crippen LogP contribution in [0.3, 0.4) is 0 Å². The van der Waals surface area contributed by atoms with Crippen molar-refractivity contribution in [3.8, 4) is 23.0 Å². The first-order chi connectivity index (χ1) is 20.6. The summed E-state index contributed by atoms with van der Waals surface area (Å²) in [6.45, 7) is 1.33. The summed E-state index contributed by atoms with van der Waals surface area (Å²) in [7, 11) is -10.4. The van der Waals surface area contributed by atoms with Crippen LogP contribution in [-0.4, -0.2) is 26.2 Å². The number of nitrogens with one attached hydrogen (secondary N) is 2. The van der Waals surface area contributed by atoms with E-state index in [-0.39, 0.29) is 0 Å². The molecule has 1 aliphatic heterocycles. The molecule has 4 aromatic carbocycles. The highest BCUT2D eigenvalue weighted by Gasteiger charge is 2.44. The molecule has 11 nitrogen and oxygen atoms in total. The first-order valence-electron chi connectivity index (χ1n) is 13.4. The second-order valence-corrected chi connectivity index (χ2v) is 15.5. The normalized spacial score (nSPS) is 20.7. The van der Waals surface area contributed by atoms with E-state index in [0.29, 0.717) is 49.2 Å². The van der Waals surface area contributed by atoms with Crippen molar-refractivity contribution in [2.75, 3.05) is 26.2 Å². The van der Waals surface area contributed by atoms with Gasteiger partial charge in [0.1, 0.15) is 23.0 Å². The lowest BCUT2D eigenvalue weighted by molar-refractivity contribution is 0.473. The zero-order valence-electron chi connectivity index (χ0n) is 22.8. The molecule has 0 fully saturated rings. The Hall–Kier alpha value is -3.39. The van der Waals surface area contributed by atoms with Gasteiger partial charge in [-0.05, 0) is 48.5 Å². The summed E-state index contributed by atoms with van der Waals surface area (Å²) in [4.78, 5) is 0. The van der Waals surface area contributed by atoms with Gasteiger partial charge in [0, 0.05) is 26.2 Å². The van der Waals surface area contributed by atoms with Crippen molar-refractivity contribution in [1.29, 1.82) is 0 Å². The number of para-hydroxylation sites is 4. The molecule has 0 aromatic heterocycles. The van der Waals surface area contributed by atoms with E-state index in [1.54, 1.807) is 0 Å². The predicted molar refractivity (Wildman–Crippen MR) is 170 cm³/mol. The lowest BCUT2D eigenvalue weighted by atomic mass is 10.3. The van der Waals surface area contributed by atoms with Gasteiger partial charge in [-0.2, -0.15) is 0 Å². The van der Waals surface area contributed by atoms with Gasteiger partial charge in [0.15, 0.2) is 0 Å². The van der Waals surface area contributed by atoms with Gasteiger partial charge in [-0.1, -0.05) is 72.8 Å². The van der Waals surface area contributed by atoms with Crippen molar-refractivity contribution in [3.63, 3.8) is 0 Å². The summed E-state index contributed by atoms with van der Waals surface area (Å²) in [6.07, 6.45) is 0. The molecule has 4 aromatic rings. The zero-order chi connectivity index (χ0) is 29.1. The highest BCUT2D eigenvalue weighted by molar-refractivity contribution is 7.80. The molecular formula is C28H34N7O4P3. The number of rotatable bonds is 14. The zero-order valence-corrected chi connectivity index (χ0v) is 25.5. The van der Waals surface area contributed by atoms with E-state index in [9.17, 15) is 0 Å². The second kappa shape index (κ2) is 14.2. The van der Waals surface area contributed by atoms with E-state index in [0.717, 1.165) is 0 Å². The summed E-state index contributed by atoms with van der Waals surface area (Å²) in [6, 6.07) is 37.2. The summed E-state index contributed by atoms with van der Waals surface area (Å²) >= 11 is 0. The number of nitrogens with two attached hydrogens (primary N) is 2. The van der Waals surface area contributed by atoms with Crippen LogP contribution in [0.5, 0.6) is 23.0 Å². The third kappa shape index (κ3) is 7.91. The van der Waals surface area contributed by atoms with Crippen molar-refractivity contribution in [1.82, 2.24) is 10.2 Å². The maximum absolute atomic E-state index is 6.64. The van der Waals surface area contributed by atoms with E-state index < -0.39 is 22.8 Å². The van der Waals surface area contributed by atoms with Crippen LogP contribution in [0.15, 0.2) is 135 Å². The summed E-state index contributed by atoms with van der Waals surface area (Å²) in [5, 5.41) is 6.78. The molecule has 0 saturated carbocycles. The van der Waals surface area contributed by atoms with Crippen LogP contribution in [0.2, 0.25) is 0 Å². The molecule has 5 rings (SSSR count). The minimum Gasteiger partial charge on any atom is -0.431 e. The summed E-state index contributed by atoms with van der Waals surface area (Å²) < 4.78 is 42.0. The van der Waals surface area contributed by atoms with E-state index in [2.05, 4.69) is 10.2 Å². The molecule has 6 N–H and O–H groups in total. The molecule has 220 valence electrons. The lowest BCUT2D eigenvalue weighted by Crippen LogP contribution is -2.26. The minimum atomic E-state index is -3.63. The molecular weight excluding hydrogens is 591 g/mol. The molecule has 42 heavy (non-hydrogen) atoms. The molecule has 0 spiro atoms. The lowest BCUT2D eigenvalue weighted by Gasteiger charge is -2.34. The van der Waals surface area contributed by atoms with Gasteiger partial charge in [-0.15, -0.1) is 13.5 Å². The van der Waals surface area contributed by atoms with Gasteiger partial charge in [0.05, 0.1) is 0 Å². The van der Waals surface area contributed by atoms with Gasteiger partial charge in [-0.3, -0.25) is 0 Å². The van der Waals surface area contributed by atoms with Crippen LogP contribution in [0.1, 0.15) is 0 Å². The molecule has 2 atom stereocenters. The number of nitrogens with zero attached hydrogens (tertiary/aromatic N) is 3. The molecule has 0 radical (unpaired) electrons. The van der Waals surface area contributed by atoms with Crippen molar-refractivity contribution >= 4 is 22.8 Å². The first-order valence-corrected chi connectivity index (χ1v) is 18.1. The Kier molecular flexibility index (Phi) is 10.2. The van der Waals surface area contributed by atoms with Crippen molar-refractivity contribution < 1.29 is 18.1 Å². The molecule has 14 heteroatoms.